The minimum atomic E-state index is -0.761. The summed E-state index contributed by atoms with van der Waals surface area (Å²) >= 11 is 0. The van der Waals surface area contributed by atoms with Gasteiger partial charge in [-0.3, -0.25) is 4.90 Å². The smallest absolute Gasteiger partial charge is 0.411 e. The summed E-state index contributed by atoms with van der Waals surface area (Å²) in [6.45, 7) is 5.51. The Morgan fingerprint density at radius 1 is 1.31 bits per heavy atom. The predicted octanol–water partition coefficient (Wildman–Crippen LogP) is 2.76. The lowest BCUT2D eigenvalue weighted by molar-refractivity contribution is -0.145. The number of hydrogen-bond acceptors (Lipinski definition) is 7. The van der Waals surface area contributed by atoms with Crippen LogP contribution in [0.3, 0.4) is 0 Å². The molecule has 1 aliphatic rings. The Kier molecular flexibility index (Phi) is 4.76. The zero-order valence-corrected chi connectivity index (χ0v) is 15.2. The quantitative estimate of drug-likeness (QED) is 0.775. The molecule has 0 unspecified atom stereocenters. The first-order valence-electron chi connectivity index (χ1n) is 8.35. The van der Waals surface area contributed by atoms with Crippen LogP contribution in [0.5, 0.6) is 5.88 Å². The van der Waals surface area contributed by atoms with Crippen molar-refractivity contribution in [1.29, 1.82) is 0 Å². The maximum absolute atomic E-state index is 12.5. The molecule has 2 atom stereocenters. The highest BCUT2D eigenvalue weighted by molar-refractivity contribution is 5.83. The summed E-state index contributed by atoms with van der Waals surface area (Å²) in [4.78, 5) is 30.1. The van der Waals surface area contributed by atoms with Gasteiger partial charge in [-0.2, -0.15) is 0 Å². The minimum absolute atomic E-state index is 0.199. The Morgan fingerprint density at radius 2 is 2.08 bits per heavy atom. The SMILES string of the molecule is COC(=O)[C@@H]1C[C@@H](Oc2nccc3occc23)CN1C(=O)OC(C)(C)C. The Bertz CT molecular complexity index is 809. The van der Waals surface area contributed by atoms with Gasteiger partial charge in [0.05, 0.1) is 25.3 Å². The molecule has 1 saturated heterocycles. The molecule has 140 valence electrons. The number of esters is 1. The number of carbonyl (C=O) groups is 2. The molecule has 0 saturated carbocycles. The topological polar surface area (TPSA) is 91.1 Å². The molecule has 1 fully saturated rings. The Balaban J connectivity index is 1.78. The van der Waals surface area contributed by atoms with Crippen molar-refractivity contribution in [3.8, 4) is 5.88 Å². The molecular weight excluding hydrogens is 340 g/mol. The standard InChI is InChI=1S/C18H22N2O6/c1-18(2,3)26-17(22)20-10-11(9-13(20)16(21)23-4)25-15-12-6-8-24-14(12)5-7-19-15/h5-8,11,13H,9-10H2,1-4H3/t11-,13+/m1/s1. The molecule has 8 heteroatoms. The molecule has 0 aliphatic carbocycles. The number of amides is 1. The number of methoxy groups -OCH3 is 1. The van der Waals surface area contributed by atoms with Crippen LogP contribution >= 0.6 is 0 Å². The molecule has 1 amide bonds. The van der Waals surface area contributed by atoms with E-state index in [2.05, 4.69) is 4.98 Å². The van der Waals surface area contributed by atoms with Gasteiger partial charge in [0.1, 0.15) is 23.3 Å². The lowest BCUT2D eigenvalue weighted by Gasteiger charge is -2.27. The Morgan fingerprint density at radius 3 is 2.77 bits per heavy atom. The Hall–Kier alpha value is -2.77. The van der Waals surface area contributed by atoms with Crippen molar-refractivity contribution in [3.05, 3.63) is 24.6 Å². The molecule has 0 aromatic carbocycles. The maximum atomic E-state index is 12.5. The zero-order chi connectivity index (χ0) is 18.9. The molecule has 2 aromatic heterocycles. The first-order chi connectivity index (χ1) is 12.3. The number of pyridine rings is 1. The van der Waals surface area contributed by atoms with Gasteiger partial charge in [-0.1, -0.05) is 0 Å². The van der Waals surface area contributed by atoms with Crippen LogP contribution in [0, 0.1) is 0 Å². The van der Waals surface area contributed by atoms with Crippen molar-refractivity contribution in [3.63, 3.8) is 0 Å². The van der Waals surface area contributed by atoms with E-state index < -0.39 is 29.8 Å². The highest BCUT2D eigenvalue weighted by atomic mass is 16.6. The molecule has 1 aliphatic heterocycles. The number of ether oxygens (including phenoxy) is 3. The first-order valence-corrected chi connectivity index (χ1v) is 8.35. The van der Waals surface area contributed by atoms with E-state index in [0.717, 1.165) is 5.39 Å². The second-order valence-corrected chi connectivity index (χ2v) is 7.10. The van der Waals surface area contributed by atoms with Crippen LogP contribution in [0.25, 0.3) is 11.0 Å². The van der Waals surface area contributed by atoms with Crippen molar-refractivity contribution in [1.82, 2.24) is 9.88 Å². The van der Waals surface area contributed by atoms with E-state index in [1.165, 1.54) is 12.0 Å². The number of carbonyl (C=O) groups excluding carboxylic acids is 2. The fourth-order valence-electron chi connectivity index (χ4n) is 2.89. The van der Waals surface area contributed by atoms with Crippen molar-refractivity contribution in [2.45, 2.75) is 44.9 Å². The third-order valence-electron chi connectivity index (χ3n) is 3.99. The average Bonchev–Trinajstić information content (AvgIpc) is 3.19. The van der Waals surface area contributed by atoms with Crippen LogP contribution in [0.15, 0.2) is 29.0 Å². The third-order valence-corrected chi connectivity index (χ3v) is 3.99. The van der Waals surface area contributed by atoms with Crippen LogP contribution in [-0.4, -0.2) is 53.3 Å². The van der Waals surface area contributed by atoms with Crippen LogP contribution < -0.4 is 4.74 Å². The second-order valence-electron chi connectivity index (χ2n) is 7.10. The molecule has 0 N–H and O–H groups in total. The number of furan rings is 1. The molecule has 0 radical (unpaired) electrons. The first kappa shape index (κ1) is 18.0. The Labute approximate surface area is 151 Å². The molecular formula is C18H22N2O6. The van der Waals surface area contributed by atoms with E-state index in [9.17, 15) is 9.59 Å². The molecule has 3 rings (SSSR count). The second kappa shape index (κ2) is 6.86. The van der Waals surface area contributed by atoms with E-state index in [0.29, 0.717) is 17.9 Å². The van der Waals surface area contributed by atoms with E-state index in [1.807, 2.05) is 0 Å². The van der Waals surface area contributed by atoms with Crippen LogP contribution in [0.2, 0.25) is 0 Å². The van der Waals surface area contributed by atoms with Crippen molar-refractivity contribution < 1.29 is 28.2 Å². The lowest BCUT2D eigenvalue weighted by atomic mass is 10.2. The third kappa shape index (κ3) is 3.74. The van der Waals surface area contributed by atoms with E-state index >= 15 is 0 Å². The fraction of sp³-hybridized carbons (Fsp3) is 0.500. The summed E-state index contributed by atoms with van der Waals surface area (Å²) < 4.78 is 21.5. The predicted molar refractivity (Wildman–Crippen MR) is 91.8 cm³/mol. The van der Waals surface area contributed by atoms with Gasteiger partial charge in [0.25, 0.3) is 0 Å². The molecule has 3 heterocycles. The molecule has 0 spiro atoms. The van der Waals surface area contributed by atoms with Gasteiger partial charge in [0, 0.05) is 12.6 Å². The number of aromatic nitrogens is 1. The number of hydrogen-bond donors (Lipinski definition) is 0. The van der Waals surface area contributed by atoms with Gasteiger partial charge < -0.3 is 18.6 Å². The lowest BCUT2D eigenvalue weighted by Crippen LogP contribution is -2.44. The number of rotatable bonds is 3. The summed E-state index contributed by atoms with van der Waals surface area (Å²) in [6, 6.07) is 2.74. The highest BCUT2D eigenvalue weighted by Gasteiger charge is 2.43. The van der Waals surface area contributed by atoms with E-state index in [4.69, 9.17) is 18.6 Å². The van der Waals surface area contributed by atoms with Gasteiger partial charge in [-0.15, -0.1) is 0 Å². The van der Waals surface area contributed by atoms with Gasteiger partial charge >= 0.3 is 12.1 Å². The minimum Gasteiger partial charge on any atom is -0.472 e. The van der Waals surface area contributed by atoms with Crippen molar-refractivity contribution >= 4 is 23.0 Å². The summed E-state index contributed by atoms with van der Waals surface area (Å²) in [5, 5.41) is 0.734. The average molecular weight is 362 g/mol. The number of fused-ring (bicyclic) bond motifs is 1. The summed E-state index contributed by atoms with van der Waals surface area (Å²) in [7, 11) is 1.29. The summed E-state index contributed by atoms with van der Waals surface area (Å²) in [6.07, 6.45) is 2.44. The van der Waals surface area contributed by atoms with E-state index in [1.54, 1.807) is 45.4 Å². The monoisotopic (exact) mass is 362 g/mol. The largest absolute Gasteiger partial charge is 0.472 e. The summed E-state index contributed by atoms with van der Waals surface area (Å²) in [5.74, 6) is -0.104. The van der Waals surface area contributed by atoms with Gasteiger partial charge in [-0.05, 0) is 32.9 Å². The van der Waals surface area contributed by atoms with Crippen LogP contribution in [-0.2, 0) is 14.3 Å². The molecule has 26 heavy (non-hydrogen) atoms. The fourth-order valence-corrected chi connectivity index (χ4v) is 2.89. The number of likely N-dealkylation sites (tertiary alicyclic amines) is 1. The van der Waals surface area contributed by atoms with Crippen molar-refractivity contribution in [2.24, 2.45) is 0 Å². The highest BCUT2D eigenvalue weighted by Crippen LogP contribution is 2.29. The van der Waals surface area contributed by atoms with Gasteiger partial charge in [0.15, 0.2) is 0 Å². The molecule has 8 nitrogen and oxygen atoms in total. The molecule has 0 bridgehead atoms. The van der Waals surface area contributed by atoms with Crippen LogP contribution in [0.1, 0.15) is 27.2 Å². The maximum Gasteiger partial charge on any atom is 0.411 e. The zero-order valence-electron chi connectivity index (χ0n) is 15.2. The van der Waals surface area contributed by atoms with Gasteiger partial charge in [-0.25, -0.2) is 14.6 Å². The van der Waals surface area contributed by atoms with E-state index in [-0.39, 0.29) is 6.54 Å². The summed E-state index contributed by atoms with van der Waals surface area (Å²) in [5.41, 5.74) is -0.0119. The number of nitrogens with zero attached hydrogens (tertiary/aromatic N) is 2. The van der Waals surface area contributed by atoms with Crippen LogP contribution in [0.4, 0.5) is 4.79 Å². The van der Waals surface area contributed by atoms with Gasteiger partial charge in [0.2, 0.25) is 5.88 Å². The normalized spacial score (nSPS) is 20.2. The molecule has 2 aromatic rings. The van der Waals surface area contributed by atoms with Crippen molar-refractivity contribution in [2.75, 3.05) is 13.7 Å².